The molecule has 0 bridgehead atoms. The quantitative estimate of drug-likeness (QED) is 0.580. The molecule has 0 atom stereocenters. The van der Waals surface area contributed by atoms with Crippen LogP contribution in [0.2, 0.25) is 0 Å². The standard InChI is InChI=1S/C16H26N2S/c1-4-5-6-10-18(13(2)3)12-14-8-7-9-15(11-14)16(17)19/h7-9,11,13H,4-6,10,12H2,1-3H3,(H2,17,19). The van der Waals surface area contributed by atoms with Gasteiger partial charge in [-0.15, -0.1) is 0 Å². The molecule has 2 N–H and O–H groups in total. The molecule has 0 unspecified atom stereocenters. The van der Waals surface area contributed by atoms with Gasteiger partial charge >= 0.3 is 0 Å². The van der Waals surface area contributed by atoms with Crippen LogP contribution in [0.4, 0.5) is 0 Å². The minimum atomic E-state index is 0.476. The van der Waals surface area contributed by atoms with Gasteiger partial charge < -0.3 is 5.73 Å². The molecule has 0 aliphatic carbocycles. The van der Waals surface area contributed by atoms with E-state index in [1.165, 1.54) is 24.8 Å². The van der Waals surface area contributed by atoms with Crippen molar-refractivity contribution in [1.82, 2.24) is 4.90 Å². The fourth-order valence-electron chi connectivity index (χ4n) is 2.14. The van der Waals surface area contributed by atoms with Crippen molar-refractivity contribution in [1.29, 1.82) is 0 Å². The molecular formula is C16H26N2S. The molecule has 2 nitrogen and oxygen atoms in total. The van der Waals surface area contributed by atoms with Crippen molar-refractivity contribution in [2.45, 2.75) is 52.6 Å². The van der Waals surface area contributed by atoms with Crippen molar-refractivity contribution in [3.8, 4) is 0 Å². The lowest BCUT2D eigenvalue weighted by molar-refractivity contribution is 0.208. The maximum absolute atomic E-state index is 5.69. The molecule has 106 valence electrons. The van der Waals surface area contributed by atoms with E-state index in [4.69, 9.17) is 18.0 Å². The van der Waals surface area contributed by atoms with Crippen LogP contribution in [0.5, 0.6) is 0 Å². The first-order chi connectivity index (χ1) is 9.04. The molecular weight excluding hydrogens is 252 g/mol. The highest BCUT2D eigenvalue weighted by atomic mass is 32.1. The first-order valence-corrected chi connectivity index (χ1v) is 7.58. The summed E-state index contributed by atoms with van der Waals surface area (Å²) < 4.78 is 0. The van der Waals surface area contributed by atoms with Gasteiger partial charge in [0.2, 0.25) is 0 Å². The Kier molecular flexibility index (Phi) is 7.03. The number of benzene rings is 1. The summed E-state index contributed by atoms with van der Waals surface area (Å²) in [6, 6.07) is 8.83. The van der Waals surface area contributed by atoms with Crippen molar-refractivity contribution < 1.29 is 0 Å². The molecule has 0 aliphatic rings. The lowest BCUT2D eigenvalue weighted by Crippen LogP contribution is -2.31. The molecule has 1 aromatic rings. The van der Waals surface area contributed by atoms with E-state index >= 15 is 0 Å². The number of rotatable bonds is 8. The topological polar surface area (TPSA) is 29.3 Å². The Morgan fingerprint density at radius 3 is 2.63 bits per heavy atom. The van der Waals surface area contributed by atoms with E-state index in [2.05, 4.69) is 37.8 Å². The van der Waals surface area contributed by atoms with Crippen LogP contribution in [0.1, 0.15) is 51.2 Å². The van der Waals surface area contributed by atoms with Crippen LogP contribution >= 0.6 is 12.2 Å². The van der Waals surface area contributed by atoms with E-state index in [0.717, 1.165) is 18.7 Å². The molecule has 0 amide bonds. The van der Waals surface area contributed by atoms with E-state index in [9.17, 15) is 0 Å². The predicted molar refractivity (Wildman–Crippen MR) is 87.4 cm³/mol. The Hall–Kier alpha value is -0.930. The molecule has 0 aliphatic heterocycles. The van der Waals surface area contributed by atoms with Crippen molar-refractivity contribution in [2.75, 3.05) is 6.54 Å². The van der Waals surface area contributed by atoms with E-state index in [1.54, 1.807) is 0 Å². The van der Waals surface area contributed by atoms with Crippen LogP contribution in [0.15, 0.2) is 24.3 Å². The van der Waals surface area contributed by atoms with Gasteiger partial charge in [0.25, 0.3) is 0 Å². The third-order valence-corrected chi connectivity index (χ3v) is 3.61. The molecule has 0 saturated heterocycles. The average Bonchev–Trinajstić information content (AvgIpc) is 2.38. The van der Waals surface area contributed by atoms with E-state index in [0.29, 0.717) is 11.0 Å². The Morgan fingerprint density at radius 1 is 1.32 bits per heavy atom. The Bertz CT molecular complexity index is 401. The second kappa shape index (κ2) is 8.28. The van der Waals surface area contributed by atoms with E-state index < -0.39 is 0 Å². The maximum Gasteiger partial charge on any atom is 0.103 e. The summed E-state index contributed by atoms with van der Waals surface area (Å²) in [5.41, 5.74) is 7.94. The molecule has 0 heterocycles. The summed E-state index contributed by atoms with van der Waals surface area (Å²) in [5.74, 6) is 0. The van der Waals surface area contributed by atoms with Gasteiger partial charge in [-0.3, -0.25) is 4.90 Å². The van der Waals surface area contributed by atoms with Gasteiger partial charge in [0.1, 0.15) is 4.99 Å². The highest BCUT2D eigenvalue weighted by Gasteiger charge is 2.10. The lowest BCUT2D eigenvalue weighted by Gasteiger charge is -2.26. The zero-order valence-electron chi connectivity index (χ0n) is 12.4. The van der Waals surface area contributed by atoms with Gasteiger partial charge in [0.15, 0.2) is 0 Å². The molecule has 0 aromatic heterocycles. The van der Waals surface area contributed by atoms with Crippen molar-refractivity contribution in [3.05, 3.63) is 35.4 Å². The fourth-order valence-corrected chi connectivity index (χ4v) is 2.27. The van der Waals surface area contributed by atoms with Gasteiger partial charge in [0, 0.05) is 18.2 Å². The van der Waals surface area contributed by atoms with Crippen molar-refractivity contribution in [3.63, 3.8) is 0 Å². The van der Waals surface area contributed by atoms with Crippen LogP contribution in [0.25, 0.3) is 0 Å². The molecule has 0 saturated carbocycles. The van der Waals surface area contributed by atoms with E-state index in [1.807, 2.05) is 12.1 Å². The maximum atomic E-state index is 5.69. The highest BCUT2D eigenvalue weighted by Crippen LogP contribution is 2.12. The zero-order valence-corrected chi connectivity index (χ0v) is 13.2. The van der Waals surface area contributed by atoms with Crippen molar-refractivity contribution >= 4 is 17.2 Å². The van der Waals surface area contributed by atoms with Gasteiger partial charge in [-0.2, -0.15) is 0 Å². The number of nitrogens with two attached hydrogens (primary N) is 1. The van der Waals surface area contributed by atoms with Crippen LogP contribution in [-0.2, 0) is 6.54 Å². The molecule has 1 rings (SSSR count). The van der Waals surface area contributed by atoms with Crippen molar-refractivity contribution in [2.24, 2.45) is 5.73 Å². The van der Waals surface area contributed by atoms with Crippen LogP contribution in [-0.4, -0.2) is 22.5 Å². The first-order valence-electron chi connectivity index (χ1n) is 7.17. The largest absolute Gasteiger partial charge is 0.389 e. The minimum Gasteiger partial charge on any atom is -0.389 e. The SMILES string of the molecule is CCCCCN(Cc1cccc(C(N)=S)c1)C(C)C. The number of hydrogen-bond acceptors (Lipinski definition) is 2. The molecule has 0 fully saturated rings. The van der Waals surface area contributed by atoms with Gasteiger partial charge in [-0.25, -0.2) is 0 Å². The van der Waals surface area contributed by atoms with Gasteiger partial charge in [-0.05, 0) is 38.4 Å². The molecule has 19 heavy (non-hydrogen) atoms. The Balaban J connectivity index is 2.67. The second-order valence-corrected chi connectivity index (χ2v) is 5.78. The van der Waals surface area contributed by atoms with E-state index in [-0.39, 0.29) is 0 Å². The summed E-state index contributed by atoms with van der Waals surface area (Å²) in [5, 5.41) is 0. The fraction of sp³-hybridized carbons (Fsp3) is 0.562. The molecule has 0 radical (unpaired) electrons. The second-order valence-electron chi connectivity index (χ2n) is 5.34. The molecule has 1 aromatic carbocycles. The van der Waals surface area contributed by atoms with Crippen LogP contribution < -0.4 is 5.73 Å². The predicted octanol–water partition coefficient (Wildman–Crippen LogP) is 3.72. The minimum absolute atomic E-state index is 0.476. The normalized spacial score (nSPS) is 11.2. The van der Waals surface area contributed by atoms with Crippen LogP contribution in [0.3, 0.4) is 0 Å². The number of nitrogens with zero attached hydrogens (tertiary/aromatic N) is 1. The van der Waals surface area contributed by atoms with Gasteiger partial charge in [-0.1, -0.05) is 50.2 Å². The number of thiocarbonyl (C=S) groups is 1. The molecule has 3 heteroatoms. The summed E-state index contributed by atoms with van der Waals surface area (Å²) in [7, 11) is 0. The van der Waals surface area contributed by atoms with Gasteiger partial charge in [0.05, 0.1) is 0 Å². The third-order valence-electron chi connectivity index (χ3n) is 3.38. The Morgan fingerprint density at radius 2 is 2.05 bits per heavy atom. The number of unbranched alkanes of at least 4 members (excludes halogenated alkanes) is 2. The summed E-state index contributed by atoms with van der Waals surface area (Å²) >= 11 is 5.04. The summed E-state index contributed by atoms with van der Waals surface area (Å²) in [6.45, 7) is 8.87. The highest BCUT2D eigenvalue weighted by molar-refractivity contribution is 7.80. The zero-order chi connectivity index (χ0) is 14.3. The smallest absolute Gasteiger partial charge is 0.103 e. The summed E-state index contributed by atoms with van der Waals surface area (Å²) in [6.07, 6.45) is 3.84. The lowest BCUT2D eigenvalue weighted by atomic mass is 10.1. The Labute approximate surface area is 123 Å². The first kappa shape index (κ1) is 16.1. The third kappa shape index (κ3) is 5.70. The monoisotopic (exact) mass is 278 g/mol. The van der Waals surface area contributed by atoms with Crippen LogP contribution in [0, 0.1) is 0 Å². The molecule has 0 spiro atoms. The number of hydrogen-bond donors (Lipinski definition) is 1. The summed E-state index contributed by atoms with van der Waals surface area (Å²) in [4.78, 5) is 2.98. The average molecular weight is 278 g/mol.